The van der Waals surface area contributed by atoms with Crippen molar-refractivity contribution in [2.45, 2.75) is 19.3 Å². The van der Waals surface area contributed by atoms with E-state index >= 15 is 0 Å². The second-order valence-electron chi connectivity index (χ2n) is 2.49. The van der Waals surface area contributed by atoms with Gasteiger partial charge in [0.25, 0.3) is 0 Å². The van der Waals surface area contributed by atoms with Crippen molar-refractivity contribution < 1.29 is 4.42 Å². The summed E-state index contributed by atoms with van der Waals surface area (Å²) in [7, 11) is 0. The Bertz CT molecular complexity index is 169. The van der Waals surface area contributed by atoms with E-state index in [0.717, 1.165) is 18.7 Å². The molecule has 56 valence electrons. The summed E-state index contributed by atoms with van der Waals surface area (Å²) in [6.07, 6.45) is 2.69. The first kappa shape index (κ1) is 7.35. The fraction of sp³-hybridized carbons (Fsp3) is 0.500. The van der Waals surface area contributed by atoms with Gasteiger partial charge in [0.05, 0.1) is 6.26 Å². The normalized spacial score (nSPS) is 13.4. The van der Waals surface area contributed by atoms with E-state index in [4.69, 9.17) is 10.2 Å². The SMILES string of the molecule is CC(CCN)c1ccco1. The molecule has 1 atom stereocenters. The Morgan fingerprint density at radius 3 is 3.00 bits per heavy atom. The molecule has 2 N–H and O–H groups in total. The zero-order chi connectivity index (χ0) is 7.40. The molecule has 0 bridgehead atoms. The van der Waals surface area contributed by atoms with Gasteiger partial charge in [-0.25, -0.2) is 0 Å². The molecule has 0 aliphatic carbocycles. The van der Waals surface area contributed by atoms with Crippen molar-refractivity contribution in [2.75, 3.05) is 6.54 Å². The van der Waals surface area contributed by atoms with Gasteiger partial charge in [0.2, 0.25) is 0 Å². The molecule has 1 rings (SSSR count). The van der Waals surface area contributed by atoms with Crippen LogP contribution < -0.4 is 5.73 Å². The van der Waals surface area contributed by atoms with Crippen molar-refractivity contribution in [1.29, 1.82) is 0 Å². The van der Waals surface area contributed by atoms with Gasteiger partial charge in [-0.2, -0.15) is 0 Å². The van der Waals surface area contributed by atoms with Gasteiger partial charge in [0.15, 0.2) is 0 Å². The maximum Gasteiger partial charge on any atom is 0.106 e. The highest BCUT2D eigenvalue weighted by Crippen LogP contribution is 2.17. The molecule has 0 saturated carbocycles. The number of hydrogen-bond donors (Lipinski definition) is 1. The molecular formula is C8H13NO. The minimum Gasteiger partial charge on any atom is -0.469 e. The zero-order valence-electron chi connectivity index (χ0n) is 6.21. The van der Waals surface area contributed by atoms with Crippen LogP contribution in [0.1, 0.15) is 25.0 Å². The highest BCUT2D eigenvalue weighted by molar-refractivity contribution is 5.03. The second kappa shape index (κ2) is 3.42. The van der Waals surface area contributed by atoms with E-state index < -0.39 is 0 Å². The summed E-state index contributed by atoms with van der Waals surface area (Å²) in [6, 6.07) is 3.89. The van der Waals surface area contributed by atoms with E-state index in [-0.39, 0.29) is 0 Å². The van der Waals surface area contributed by atoms with Crippen molar-refractivity contribution in [3.05, 3.63) is 24.2 Å². The minimum absolute atomic E-state index is 0.458. The van der Waals surface area contributed by atoms with Crippen LogP contribution in [-0.4, -0.2) is 6.54 Å². The van der Waals surface area contributed by atoms with Gasteiger partial charge in [-0.3, -0.25) is 0 Å². The van der Waals surface area contributed by atoms with Crippen LogP contribution in [0.4, 0.5) is 0 Å². The quantitative estimate of drug-likeness (QED) is 0.692. The first-order valence-corrected chi connectivity index (χ1v) is 3.58. The number of furan rings is 1. The molecule has 2 heteroatoms. The molecule has 0 saturated heterocycles. The zero-order valence-corrected chi connectivity index (χ0v) is 6.21. The van der Waals surface area contributed by atoms with Gasteiger partial charge in [0.1, 0.15) is 5.76 Å². The largest absolute Gasteiger partial charge is 0.469 e. The number of hydrogen-bond acceptors (Lipinski definition) is 2. The molecule has 0 radical (unpaired) electrons. The lowest BCUT2D eigenvalue weighted by molar-refractivity contribution is 0.464. The Morgan fingerprint density at radius 1 is 1.70 bits per heavy atom. The minimum atomic E-state index is 0.458. The van der Waals surface area contributed by atoms with Crippen molar-refractivity contribution in [1.82, 2.24) is 0 Å². The molecule has 2 nitrogen and oxygen atoms in total. The fourth-order valence-corrected chi connectivity index (χ4v) is 0.964. The van der Waals surface area contributed by atoms with Crippen LogP contribution in [0, 0.1) is 0 Å². The van der Waals surface area contributed by atoms with E-state index in [9.17, 15) is 0 Å². The van der Waals surface area contributed by atoms with Gasteiger partial charge >= 0.3 is 0 Å². The average Bonchev–Trinajstić information content (AvgIpc) is 2.38. The first-order valence-electron chi connectivity index (χ1n) is 3.58. The van der Waals surface area contributed by atoms with Gasteiger partial charge in [-0.15, -0.1) is 0 Å². The summed E-state index contributed by atoms with van der Waals surface area (Å²) in [5.74, 6) is 1.49. The smallest absolute Gasteiger partial charge is 0.106 e. The predicted molar refractivity (Wildman–Crippen MR) is 40.8 cm³/mol. The van der Waals surface area contributed by atoms with Crippen molar-refractivity contribution in [3.8, 4) is 0 Å². The second-order valence-corrected chi connectivity index (χ2v) is 2.49. The summed E-state index contributed by atoms with van der Waals surface area (Å²) in [6.45, 7) is 2.84. The molecule has 0 aliphatic heterocycles. The number of rotatable bonds is 3. The molecule has 1 aromatic rings. The van der Waals surface area contributed by atoms with Crippen LogP contribution in [-0.2, 0) is 0 Å². The Kier molecular flexibility index (Phi) is 2.51. The highest BCUT2D eigenvalue weighted by Gasteiger charge is 2.05. The maximum atomic E-state index is 5.39. The van der Waals surface area contributed by atoms with Gasteiger partial charge in [-0.1, -0.05) is 6.92 Å². The van der Waals surface area contributed by atoms with E-state index in [1.54, 1.807) is 6.26 Å². The summed E-state index contributed by atoms with van der Waals surface area (Å²) < 4.78 is 5.19. The topological polar surface area (TPSA) is 39.2 Å². The summed E-state index contributed by atoms with van der Waals surface area (Å²) in [5, 5.41) is 0. The van der Waals surface area contributed by atoms with E-state index in [0.29, 0.717) is 5.92 Å². The van der Waals surface area contributed by atoms with Gasteiger partial charge in [-0.05, 0) is 25.1 Å². The Hall–Kier alpha value is -0.760. The molecule has 0 spiro atoms. The van der Waals surface area contributed by atoms with E-state index in [1.807, 2.05) is 12.1 Å². The molecule has 0 amide bonds. The first-order chi connectivity index (χ1) is 4.84. The van der Waals surface area contributed by atoms with Crippen LogP contribution in [0.3, 0.4) is 0 Å². The molecule has 0 aliphatic rings. The molecule has 1 heterocycles. The third kappa shape index (κ3) is 1.61. The van der Waals surface area contributed by atoms with Crippen LogP contribution in [0.5, 0.6) is 0 Å². The van der Waals surface area contributed by atoms with E-state index in [2.05, 4.69) is 6.92 Å². The van der Waals surface area contributed by atoms with Crippen molar-refractivity contribution >= 4 is 0 Å². The molecule has 1 aromatic heterocycles. The summed E-state index contributed by atoms with van der Waals surface area (Å²) in [5.41, 5.74) is 5.39. The lowest BCUT2D eigenvalue weighted by Crippen LogP contribution is -2.03. The Balaban J connectivity index is 2.50. The Labute approximate surface area is 61.0 Å². The lowest BCUT2D eigenvalue weighted by Gasteiger charge is -2.04. The predicted octanol–water partition coefficient (Wildman–Crippen LogP) is 1.73. The van der Waals surface area contributed by atoms with Gasteiger partial charge in [0, 0.05) is 5.92 Å². The third-order valence-electron chi connectivity index (χ3n) is 1.63. The fourth-order valence-electron chi connectivity index (χ4n) is 0.964. The summed E-state index contributed by atoms with van der Waals surface area (Å²) >= 11 is 0. The average molecular weight is 139 g/mol. The lowest BCUT2D eigenvalue weighted by atomic mass is 10.1. The monoisotopic (exact) mass is 139 g/mol. The summed E-state index contributed by atoms with van der Waals surface area (Å²) in [4.78, 5) is 0. The molecule has 0 fully saturated rings. The highest BCUT2D eigenvalue weighted by atomic mass is 16.3. The standard InChI is InChI=1S/C8H13NO/c1-7(4-5-9)8-3-2-6-10-8/h2-3,6-7H,4-5,9H2,1H3. The van der Waals surface area contributed by atoms with Gasteiger partial charge < -0.3 is 10.2 Å². The van der Waals surface area contributed by atoms with Crippen LogP contribution in [0.25, 0.3) is 0 Å². The molecular weight excluding hydrogens is 126 g/mol. The van der Waals surface area contributed by atoms with Crippen LogP contribution >= 0.6 is 0 Å². The number of nitrogens with two attached hydrogens (primary N) is 1. The van der Waals surface area contributed by atoms with Crippen molar-refractivity contribution in [3.63, 3.8) is 0 Å². The van der Waals surface area contributed by atoms with E-state index in [1.165, 1.54) is 0 Å². The third-order valence-corrected chi connectivity index (χ3v) is 1.63. The molecule has 0 aromatic carbocycles. The Morgan fingerprint density at radius 2 is 2.50 bits per heavy atom. The molecule has 1 unspecified atom stereocenters. The molecule has 10 heavy (non-hydrogen) atoms. The van der Waals surface area contributed by atoms with Crippen molar-refractivity contribution in [2.24, 2.45) is 5.73 Å². The van der Waals surface area contributed by atoms with Crippen LogP contribution in [0.15, 0.2) is 22.8 Å². The maximum absolute atomic E-state index is 5.39. The van der Waals surface area contributed by atoms with Crippen LogP contribution in [0.2, 0.25) is 0 Å².